The molecule has 0 aromatic heterocycles. The van der Waals surface area contributed by atoms with E-state index in [1.165, 1.54) is 64.2 Å². The van der Waals surface area contributed by atoms with Crippen molar-refractivity contribution >= 4 is 16.4 Å². The van der Waals surface area contributed by atoms with Crippen LogP contribution in [0.25, 0.3) is 0 Å². The number of aliphatic hydroxyl groups is 3. The molecule has 1 saturated heterocycles. The van der Waals surface area contributed by atoms with Crippen LogP contribution in [-0.2, 0) is 38.3 Å². The normalized spacial score (nSPS) is 23.1. The summed E-state index contributed by atoms with van der Waals surface area (Å²) in [4.78, 5) is 12.6. The number of ether oxygens (including phenoxy) is 4. The number of unbranched alkanes of at least 4 members (excludes halogenated alkanes) is 15. The lowest BCUT2D eigenvalue weighted by atomic mass is 9.99. The first-order chi connectivity index (χ1) is 21.1. The Morgan fingerprint density at radius 1 is 0.773 bits per heavy atom. The largest absolute Gasteiger partial charge is 0.457 e. The summed E-state index contributed by atoms with van der Waals surface area (Å²) in [6, 6.07) is 0. The average molecular weight is 657 g/mol. The van der Waals surface area contributed by atoms with Crippen LogP contribution in [0.5, 0.6) is 0 Å². The van der Waals surface area contributed by atoms with Gasteiger partial charge in [-0.3, -0.25) is 9.35 Å². The van der Waals surface area contributed by atoms with E-state index in [2.05, 4.69) is 18.0 Å². The Morgan fingerprint density at radius 2 is 1.30 bits per heavy atom. The number of carbonyl (C=O) groups excluding carboxylic acids is 1. The fourth-order valence-electron chi connectivity index (χ4n) is 5.14. The highest BCUT2D eigenvalue weighted by Crippen LogP contribution is 2.26. The monoisotopic (exact) mass is 656 g/mol. The van der Waals surface area contributed by atoms with Gasteiger partial charge in [0.2, 0.25) is 0 Å². The molecule has 0 aromatic carbocycles. The van der Waals surface area contributed by atoms with Crippen molar-refractivity contribution in [2.24, 2.45) is 0 Å². The molecule has 0 aliphatic carbocycles. The molecule has 0 spiro atoms. The van der Waals surface area contributed by atoms with E-state index in [4.69, 9.17) is 23.5 Å². The lowest BCUT2D eigenvalue weighted by molar-refractivity contribution is -0.301. The average Bonchev–Trinajstić information content (AvgIpc) is 2.98. The topological polar surface area (TPSA) is 178 Å². The molecule has 0 bridgehead atoms. The highest BCUT2D eigenvalue weighted by molar-refractivity contribution is 7.80. The standard InChI is InChI=1S/C31H60O12S/c1-3-5-7-9-11-12-13-15-17-19-21-39-23-25(41-27(33)20-18-16-14-10-8-6-4-2)24-40-31-29(35)30(43-44(36,37)38)28(34)26(22-32)42-31/h25-26,28-32,34-35H,3-24H2,1-2H3,(H,36,37,38). The molecule has 0 radical (unpaired) electrons. The van der Waals surface area contributed by atoms with Crippen molar-refractivity contribution in [1.82, 2.24) is 0 Å². The second-order valence-electron chi connectivity index (χ2n) is 11.8. The van der Waals surface area contributed by atoms with Crippen LogP contribution in [0.15, 0.2) is 0 Å². The van der Waals surface area contributed by atoms with E-state index < -0.39 is 59.8 Å². The first kappa shape index (κ1) is 41.1. The van der Waals surface area contributed by atoms with Crippen molar-refractivity contribution in [3.63, 3.8) is 0 Å². The highest BCUT2D eigenvalue weighted by atomic mass is 32.3. The van der Waals surface area contributed by atoms with Crippen LogP contribution < -0.4 is 0 Å². The summed E-state index contributed by atoms with van der Waals surface area (Å²) in [5.41, 5.74) is 0. The molecule has 6 atom stereocenters. The van der Waals surface area contributed by atoms with Gasteiger partial charge in [-0.25, -0.2) is 4.18 Å². The Balaban J connectivity index is 2.57. The molecule has 0 aromatic rings. The number of esters is 1. The smallest absolute Gasteiger partial charge is 0.397 e. The fraction of sp³-hybridized carbons (Fsp3) is 0.968. The molecule has 1 aliphatic heterocycles. The lowest BCUT2D eigenvalue weighted by Crippen LogP contribution is -2.60. The van der Waals surface area contributed by atoms with Gasteiger partial charge in [0.05, 0.1) is 19.8 Å². The van der Waals surface area contributed by atoms with Crippen LogP contribution >= 0.6 is 0 Å². The molecule has 1 rings (SSSR count). The van der Waals surface area contributed by atoms with E-state index in [1.807, 2.05) is 0 Å². The summed E-state index contributed by atoms with van der Waals surface area (Å²) in [7, 11) is -5.04. The van der Waals surface area contributed by atoms with E-state index in [0.717, 1.165) is 38.5 Å². The SMILES string of the molecule is CCCCCCCCCCCCOCC(COC1OC(CO)C(O)C(OS(=O)(=O)O)C1O)OC(=O)CCCCCCCCC. The molecular formula is C31H60O12S. The van der Waals surface area contributed by atoms with Gasteiger partial charge in [0.25, 0.3) is 0 Å². The van der Waals surface area contributed by atoms with Crippen molar-refractivity contribution in [3.8, 4) is 0 Å². The first-order valence-corrected chi connectivity index (χ1v) is 18.2. The molecule has 0 saturated carbocycles. The maximum Gasteiger partial charge on any atom is 0.397 e. The lowest BCUT2D eigenvalue weighted by Gasteiger charge is -2.41. The summed E-state index contributed by atoms with van der Waals surface area (Å²) in [5.74, 6) is -0.406. The third-order valence-electron chi connectivity index (χ3n) is 7.73. The summed E-state index contributed by atoms with van der Waals surface area (Å²) < 4.78 is 58.4. The maximum absolute atomic E-state index is 12.6. The van der Waals surface area contributed by atoms with E-state index in [9.17, 15) is 28.5 Å². The van der Waals surface area contributed by atoms with Crippen LogP contribution in [0.4, 0.5) is 0 Å². The van der Waals surface area contributed by atoms with Crippen LogP contribution in [0.3, 0.4) is 0 Å². The van der Waals surface area contributed by atoms with Crippen molar-refractivity contribution < 1.29 is 56.2 Å². The second-order valence-corrected chi connectivity index (χ2v) is 12.8. The molecule has 6 unspecified atom stereocenters. The summed E-state index contributed by atoms with van der Waals surface area (Å²) in [6.45, 7) is 3.90. The molecule has 262 valence electrons. The predicted octanol–water partition coefficient (Wildman–Crippen LogP) is 4.62. The van der Waals surface area contributed by atoms with E-state index >= 15 is 0 Å². The highest BCUT2D eigenvalue weighted by Gasteiger charge is 2.48. The van der Waals surface area contributed by atoms with Gasteiger partial charge in [0.1, 0.15) is 30.5 Å². The van der Waals surface area contributed by atoms with Gasteiger partial charge in [-0.1, -0.05) is 110 Å². The van der Waals surface area contributed by atoms with Gasteiger partial charge >= 0.3 is 16.4 Å². The number of carbonyl (C=O) groups is 1. The molecule has 1 aliphatic rings. The van der Waals surface area contributed by atoms with E-state index in [1.54, 1.807) is 0 Å². The van der Waals surface area contributed by atoms with E-state index in [0.29, 0.717) is 13.0 Å². The van der Waals surface area contributed by atoms with Crippen molar-refractivity contribution in [2.75, 3.05) is 26.4 Å². The molecule has 1 heterocycles. The van der Waals surface area contributed by atoms with Crippen LogP contribution in [0.1, 0.15) is 129 Å². The van der Waals surface area contributed by atoms with Crippen molar-refractivity contribution in [2.45, 2.75) is 166 Å². The molecule has 13 heteroatoms. The van der Waals surface area contributed by atoms with Gasteiger partial charge in [0.15, 0.2) is 6.29 Å². The zero-order chi connectivity index (χ0) is 32.6. The number of rotatable bonds is 28. The number of aliphatic hydroxyl groups excluding tert-OH is 3. The van der Waals surface area contributed by atoms with Crippen molar-refractivity contribution in [1.29, 1.82) is 0 Å². The van der Waals surface area contributed by atoms with Gasteiger partial charge in [-0.15, -0.1) is 0 Å². The van der Waals surface area contributed by atoms with E-state index in [-0.39, 0.29) is 19.6 Å². The van der Waals surface area contributed by atoms with Gasteiger partial charge in [0, 0.05) is 13.0 Å². The zero-order valence-electron chi connectivity index (χ0n) is 27.0. The molecular weight excluding hydrogens is 596 g/mol. The van der Waals surface area contributed by atoms with Gasteiger partial charge < -0.3 is 34.3 Å². The minimum absolute atomic E-state index is 0.0417. The van der Waals surface area contributed by atoms with Gasteiger partial charge in [-0.05, 0) is 12.8 Å². The van der Waals surface area contributed by atoms with Crippen LogP contribution in [-0.4, -0.2) is 97.5 Å². The Bertz CT molecular complexity index is 811. The Labute approximate surface area is 265 Å². The third-order valence-corrected chi connectivity index (χ3v) is 8.19. The number of hydrogen-bond acceptors (Lipinski definition) is 11. The fourth-order valence-corrected chi connectivity index (χ4v) is 5.65. The van der Waals surface area contributed by atoms with Crippen LogP contribution in [0, 0.1) is 0 Å². The second kappa shape index (κ2) is 25.2. The van der Waals surface area contributed by atoms with Gasteiger partial charge in [-0.2, -0.15) is 8.42 Å². The Morgan fingerprint density at radius 3 is 1.82 bits per heavy atom. The number of hydrogen-bond donors (Lipinski definition) is 4. The quantitative estimate of drug-likeness (QED) is 0.0523. The molecule has 12 nitrogen and oxygen atoms in total. The Kier molecular flexibility index (Phi) is 23.6. The summed E-state index contributed by atoms with van der Waals surface area (Å²) in [6.07, 6.45) is 10.4. The minimum atomic E-state index is -5.04. The molecule has 0 amide bonds. The first-order valence-electron chi connectivity index (χ1n) is 16.8. The summed E-state index contributed by atoms with van der Waals surface area (Å²) >= 11 is 0. The third kappa shape index (κ3) is 19.6. The predicted molar refractivity (Wildman–Crippen MR) is 165 cm³/mol. The molecule has 4 N–H and O–H groups in total. The summed E-state index contributed by atoms with van der Waals surface area (Å²) in [5, 5.41) is 30.3. The maximum atomic E-state index is 12.6. The zero-order valence-corrected chi connectivity index (χ0v) is 27.8. The molecule has 44 heavy (non-hydrogen) atoms. The molecule has 1 fully saturated rings. The minimum Gasteiger partial charge on any atom is -0.457 e. The Hall–Kier alpha value is -0.900. The van der Waals surface area contributed by atoms with Crippen LogP contribution in [0.2, 0.25) is 0 Å². The van der Waals surface area contributed by atoms with Crippen molar-refractivity contribution in [3.05, 3.63) is 0 Å².